The van der Waals surface area contributed by atoms with Gasteiger partial charge in [0.2, 0.25) is 5.96 Å². The number of carbonyl (C=O) groups excluding carboxylic acids is 1. The highest BCUT2D eigenvalue weighted by atomic mass is 32.2. The first-order chi connectivity index (χ1) is 13.1. The molecule has 0 aliphatic heterocycles. The fourth-order valence-electron chi connectivity index (χ4n) is 1.86. The summed E-state index contributed by atoms with van der Waals surface area (Å²) in [6, 6.07) is 0.0504. The van der Waals surface area contributed by atoms with E-state index in [0.29, 0.717) is 27.8 Å². The number of carbonyl (C=O) groups is 2. The van der Waals surface area contributed by atoms with Gasteiger partial charge in [0.1, 0.15) is 10.7 Å². The number of anilines is 3. The SMILES string of the molecule is NC(N)=NNC(=O)Nc1c(F)cc(N(c2scnc2C(=O)O)S(=O)O)cc1F. The van der Waals surface area contributed by atoms with Gasteiger partial charge in [-0.2, -0.15) is 0 Å². The van der Waals surface area contributed by atoms with E-state index in [0.717, 1.165) is 5.51 Å². The zero-order valence-electron chi connectivity index (χ0n) is 13.4. The average Bonchev–Trinajstić information content (AvgIpc) is 3.05. The van der Waals surface area contributed by atoms with Gasteiger partial charge in [-0.1, -0.05) is 0 Å². The second-order valence-electron chi connectivity index (χ2n) is 4.72. The first-order valence-electron chi connectivity index (χ1n) is 6.84. The van der Waals surface area contributed by atoms with Gasteiger partial charge in [0.15, 0.2) is 17.3 Å². The first kappa shape index (κ1) is 20.9. The Balaban J connectivity index is 2.42. The number of aromatic nitrogens is 1. The molecule has 12 nitrogen and oxygen atoms in total. The van der Waals surface area contributed by atoms with Crippen LogP contribution in [0.25, 0.3) is 0 Å². The molecule has 0 saturated heterocycles. The number of nitrogens with one attached hydrogen (secondary N) is 2. The number of nitrogens with zero attached hydrogens (tertiary/aromatic N) is 3. The maximum atomic E-state index is 14.3. The lowest BCUT2D eigenvalue weighted by Crippen LogP contribution is -2.31. The number of hydrogen-bond acceptors (Lipinski definition) is 6. The molecule has 0 aliphatic carbocycles. The van der Waals surface area contributed by atoms with Crippen molar-refractivity contribution >= 4 is 56.9 Å². The highest BCUT2D eigenvalue weighted by molar-refractivity contribution is 7.81. The van der Waals surface area contributed by atoms with E-state index in [4.69, 9.17) is 16.6 Å². The number of guanidine groups is 1. The Morgan fingerprint density at radius 3 is 2.39 bits per heavy atom. The smallest absolute Gasteiger partial charge is 0.357 e. The Hall–Kier alpha value is -3.37. The van der Waals surface area contributed by atoms with Gasteiger partial charge < -0.3 is 21.9 Å². The molecule has 0 bridgehead atoms. The number of aromatic carboxylic acids is 1. The van der Waals surface area contributed by atoms with Crippen molar-refractivity contribution < 1.29 is 32.2 Å². The minimum atomic E-state index is -2.89. The highest BCUT2D eigenvalue weighted by Crippen LogP contribution is 2.35. The Labute approximate surface area is 161 Å². The lowest BCUT2D eigenvalue weighted by molar-refractivity contribution is 0.0692. The lowest BCUT2D eigenvalue weighted by atomic mass is 10.2. The number of halogens is 2. The van der Waals surface area contributed by atoms with Crippen LogP contribution in [0.4, 0.5) is 30.0 Å². The van der Waals surface area contributed by atoms with Gasteiger partial charge in [0.05, 0.1) is 11.2 Å². The van der Waals surface area contributed by atoms with E-state index < -0.39 is 57.9 Å². The van der Waals surface area contributed by atoms with Crippen molar-refractivity contribution in [1.29, 1.82) is 0 Å². The number of hydrazone groups is 1. The van der Waals surface area contributed by atoms with Crippen molar-refractivity contribution in [2.75, 3.05) is 9.62 Å². The summed E-state index contributed by atoms with van der Waals surface area (Å²) in [5, 5.41) is 13.7. The number of rotatable bonds is 6. The van der Waals surface area contributed by atoms with E-state index in [2.05, 4.69) is 10.1 Å². The molecule has 28 heavy (non-hydrogen) atoms. The molecule has 1 atom stereocenters. The minimum Gasteiger partial charge on any atom is -0.476 e. The van der Waals surface area contributed by atoms with Crippen LogP contribution in [0.3, 0.4) is 0 Å². The third-order valence-electron chi connectivity index (χ3n) is 2.88. The summed E-state index contributed by atoms with van der Waals surface area (Å²) in [6.07, 6.45) is 0. The average molecular weight is 435 g/mol. The second-order valence-corrected chi connectivity index (χ2v) is 6.38. The van der Waals surface area contributed by atoms with Crippen LogP contribution in [-0.4, -0.2) is 36.8 Å². The number of hydrogen-bond donors (Lipinski definition) is 6. The molecule has 2 rings (SSSR count). The molecule has 1 aromatic carbocycles. The second kappa shape index (κ2) is 8.55. The molecule has 2 aromatic rings. The predicted molar refractivity (Wildman–Crippen MR) is 96.3 cm³/mol. The van der Waals surface area contributed by atoms with E-state index >= 15 is 0 Å². The summed E-state index contributed by atoms with van der Waals surface area (Å²) in [5.41, 5.74) is 10.8. The molecule has 0 fully saturated rings. The molecular weight excluding hydrogens is 424 g/mol. The quantitative estimate of drug-likeness (QED) is 0.165. The van der Waals surface area contributed by atoms with Crippen LogP contribution in [-0.2, 0) is 11.3 Å². The van der Waals surface area contributed by atoms with Crippen molar-refractivity contribution in [3.8, 4) is 0 Å². The van der Waals surface area contributed by atoms with Crippen molar-refractivity contribution in [3.05, 3.63) is 35.0 Å². The number of carboxylic acids is 1. The maximum absolute atomic E-state index is 14.3. The van der Waals surface area contributed by atoms with Gasteiger partial charge in [0, 0.05) is 12.1 Å². The Morgan fingerprint density at radius 1 is 1.29 bits per heavy atom. The number of benzene rings is 1. The largest absolute Gasteiger partial charge is 0.476 e. The van der Waals surface area contributed by atoms with Crippen molar-refractivity contribution in [2.24, 2.45) is 16.6 Å². The van der Waals surface area contributed by atoms with Gasteiger partial charge in [-0.15, -0.1) is 16.4 Å². The normalized spacial score (nSPS) is 11.4. The van der Waals surface area contributed by atoms with Gasteiger partial charge in [0.25, 0.3) is 11.3 Å². The first-order valence-corrected chi connectivity index (χ1v) is 8.78. The molecule has 0 aliphatic rings. The van der Waals surface area contributed by atoms with Crippen molar-refractivity contribution in [3.63, 3.8) is 0 Å². The summed E-state index contributed by atoms with van der Waals surface area (Å²) in [6.45, 7) is 0. The molecule has 1 aromatic heterocycles. The fraction of sp³-hybridized carbons (Fsp3) is 0. The van der Waals surface area contributed by atoms with Crippen LogP contribution in [0.15, 0.2) is 22.7 Å². The number of nitrogens with two attached hydrogens (primary N) is 2. The monoisotopic (exact) mass is 435 g/mol. The van der Waals surface area contributed by atoms with Crippen LogP contribution in [0.2, 0.25) is 0 Å². The van der Waals surface area contributed by atoms with Crippen molar-refractivity contribution in [2.45, 2.75) is 0 Å². The van der Waals surface area contributed by atoms with Gasteiger partial charge in [-0.25, -0.2) is 37.3 Å². The van der Waals surface area contributed by atoms with Crippen LogP contribution >= 0.6 is 11.3 Å². The molecule has 2 amide bonds. The van der Waals surface area contributed by atoms with Gasteiger partial charge in [-0.3, -0.25) is 4.55 Å². The zero-order chi connectivity index (χ0) is 21.0. The topological polar surface area (TPSA) is 196 Å². The Morgan fingerprint density at radius 2 is 1.89 bits per heavy atom. The summed E-state index contributed by atoms with van der Waals surface area (Å²) in [5.74, 6) is -4.67. The number of urea groups is 1. The molecule has 0 radical (unpaired) electrons. The van der Waals surface area contributed by atoms with E-state index in [1.165, 1.54) is 0 Å². The molecule has 1 heterocycles. The van der Waals surface area contributed by atoms with Crippen LogP contribution in [0.1, 0.15) is 10.5 Å². The number of amides is 2. The molecule has 0 saturated carbocycles. The molecule has 8 N–H and O–H groups in total. The number of carboxylic acid groups (broad SMARTS) is 1. The third-order valence-corrected chi connectivity index (χ3v) is 4.51. The van der Waals surface area contributed by atoms with Crippen LogP contribution < -0.4 is 26.5 Å². The van der Waals surface area contributed by atoms with E-state index in [1.54, 1.807) is 5.43 Å². The van der Waals surface area contributed by atoms with Crippen LogP contribution in [0, 0.1) is 11.6 Å². The molecule has 1 unspecified atom stereocenters. The zero-order valence-corrected chi connectivity index (χ0v) is 15.1. The van der Waals surface area contributed by atoms with Gasteiger partial charge >= 0.3 is 12.0 Å². The molecule has 150 valence electrons. The Kier molecular flexibility index (Phi) is 6.39. The minimum absolute atomic E-state index is 0.335. The third kappa shape index (κ3) is 4.67. The molecule has 16 heteroatoms. The number of thiazole rings is 1. The van der Waals surface area contributed by atoms with Crippen molar-refractivity contribution in [1.82, 2.24) is 10.4 Å². The molecule has 0 spiro atoms. The fourth-order valence-corrected chi connectivity index (χ4v) is 3.41. The maximum Gasteiger partial charge on any atom is 0.357 e. The van der Waals surface area contributed by atoms with Gasteiger partial charge in [-0.05, 0) is 0 Å². The summed E-state index contributed by atoms with van der Waals surface area (Å²) >= 11 is -2.23. The highest BCUT2D eigenvalue weighted by Gasteiger charge is 2.27. The summed E-state index contributed by atoms with van der Waals surface area (Å²) < 4.78 is 50.2. The predicted octanol–water partition coefficient (Wildman–Crippen LogP) is 0.704. The van der Waals surface area contributed by atoms with Crippen LogP contribution in [0.5, 0.6) is 0 Å². The summed E-state index contributed by atoms with van der Waals surface area (Å²) in [7, 11) is 0. The molecular formula is C12H11F2N7O5S2. The lowest BCUT2D eigenvalue weighted by Gasteiger charge is -2.19. The van der Waals surface area contributed by atoms with E-state index in [1.807, 2.05) is 5.32 Å². The standard InChI is InChI=1S/C12H11F2N7O5S2/c13-5-1-4(2-6(14)7(5)18-12(24)20-19-11(15)16)21(28(25)26)9-8(10(22)23)17-3-27-9/h1-3H,(H,22,23)(H,25,26)(H4,15,16,19)(H2,18,20,24). The van der Waals surface area contributed by atoms with E-state index in [-0.39, 0.29) is 5.00 Å². The summed E-state index contributed by atoms with van der Waals surface area (Å²) in [4.78, 5) is 26.2. The Bertz CT molecular complexity index is 956. The van der Waals surface area contributed by atoms with E-state index in [9.17, 15) is 27.1 Å².